The molecule has 3 N–H and O–H groups in total. The fourth-order valence-corrected chi connectivity index (χ4v) is 1.85. The van der Waals surface area contributed by atoms with Crippen molar-refractivity contribution in [2.45, 2.75) is 51.6 Å². The van der Waals surface area contributed by atoms with Gasteiger partial charge in [0.2, 0.25) is 5.91 Å². The van der Waals surface area contributed by atoms with Crippen molar-refractivity contribution in [3.63, 3.8) is 0 Å². The first-order valence-corrected chi connectivity index (χ1v) is 5.38. The SMILES string of the molecule is CCC=C(C)C(=O)NC1CCCC1N. The van der Waals surface area contributed by atoms with Crippen LogP contribution in [-0.2, 0) is 4.79 Å². The molecule has 1 amide bonds. The van der Waals surface area contributed by atoms with E-state index in [1.54, 1.807) is 0 Å². The smallest absolute Gasteiger partial charge is 0.246 e. The van der Waals surface area contributed by atoms with Crippen LogP contribution >= 0.6 is 0 Å². The molecular formula is C11H20N2O. The zero-order chi connectivity index (χ0) is 10.6. The van der Waals surface area contributed by atoms with Crippen molar-refractivity contribution >= 4 is 5.91 Å². The van der Waals surface area contributed by atoms with Crippen LogP contribution in [0.5, 0.6) is 0 Å². The van der Waals surface area contributed by atoms with E-state index in [0.717, 1.165) is 31.3 Å². The van der Waals surface area contributed by atoms with E-state index in [-0.39, 0.29) is 18.0 Å². The molecule has 0 bridgehead atoms. The minimum atomic E-state index is 0.0363. The van der Waals surface area contributed by atoms with Gasteiger partial charge in [0.15, 0.2) is 0 Å². The predicted molar refractivity (Wildman–Crippen MR) is 57.8 cm³/mol. The summed E-state index contributed by atoms with van der Waals surface area (Å²) in [4.78, 5) is 11.6. The third-order valence-corrected chi connectivity index (χ3v) is 2.75. The molecule has 0 saturated heterocycles. The van der Waals surface area contributed by atoms with Crippen molar-refractivity contribution in [2.24, 2.45) is 5.73 Å². The topological polar surface area (TPSA) is 55.1 Å². The summed E-state index contributed by atoms with van der Waals surface area (Å²) >= 11 is 0. The third-order valence-electron chi connectivity index (χ3n) is 2.75. The van der Waals surface area contributed by atoms with Crippen molar-refractivity contribution in [2.75, 3.05) is 0 Å². The fraction of sp³-hybridized carbons (Fsp3) is 0.727. The number of carbonyl (C=O) groups is 1. The minimum absolute atomic E-state index is 0.0363. The fourth-order valence-electron chi connectivity index (χ4n) is 1.85. The maximum absolute atomic E-state index is 11.6. The van der Waals surface area contributed by atoms with Crippen LogP contribution in [0.1, 0.15) is 39.5 Å². The molecule has 0 spiro atoms. The Labute approximate surface area is 85.7 Å². The van der Waals surface area contributed by atoms with Crippen LogP contribution in [0.3, 0.4) is 0 Å². The third kappa shape index (κ3) is 2.84. The van der Waals surface area contributed by atoms with Crippen LogP contribution in [0.15, 0.2) is 11.6 Å². The largest absolute Gasteiger partial charge is 0.348 e. The van der Waals surface area contributed by atoms with Gasteiger partial charge < -0.3 is 11.1 Å². The highest BCUT2D eigenvalue weighted by atomic mass is 16.1. The molecule has 0 aliphatic heterocycles. The summed E-state index contributed by atoms with van der Waals surface area (Å²) in [6.07, 6.45) is 6.02. The number of nitrogens with two attached hydrogens (primary N) is 1. The molecule has 2 unspecified atom stereocenters. The molecule has 0 heterocycles. The van der Waals surface area contributed by atoms with Gasteiger partial charge in [0, 0.05) is 17.7 Å². The van der Waals surface area contributed by atoms with E-state index < -0.39 is 0 Å². The Kier molecular flexibility index (Phi) is 4.14. The lowest BCUT2D eigenvalue weighted by Gasteiger charge is -2.17. The van der Waals surface area contributed by atoms with Gasteiger partial charge in [0.1, 0.15) is 0 Å². The molecule has 14 heavy (non-hydrogen) atoms. The van der Waals surface area contributed by atoms with Gasteiger partial charge in [0.05, 0.1) is 0 Å². The Balaban J connectivity index is 2.44. The van der Waals surface area contributed by atoms with Crippen molar-refractivity contribution in [3.05, 3.63) is 11.6 Å². The maximum atomic E-state index is 11.6. The summed E-state index contributed by atoms with van der Waals surface area (Å²) in [7, 11) is 0. The van der Waals surface area contributed by atoms with E-state index in [2.05, 4.69) is 5.32 Å². The zero-order valence-corrected chi connectivity index (χ0v) is 9.05. The highest BCUT2D eigenvalue weighted by molar-refractivity contribution is 5.92. The Morgan fingerprint density at radius 2 is 2.29 bits per heavy atom. The molecule has 1 aliphatic rings. The Morgan fingerprint density at radius 3 is 2.79 bits per heavy atom. The second-order valence-electron chi connectivity index (χ2n) is 3.97. The zero-order valence-electron chi connectivity index (χ0n) is 9.05. The average molecular weight is 196 g/mol. The van der Waals surface area contributed by atoms with E-state index in [0.29, 0.717) is 0 Å². The van der Waals surface area contributed by atoms with Gasteiger partial charge in [-0.05, 0) is 32.6 Å². The standard InChI is InChI=1S/C11H20N2O/c1-3-5-8(2)11(14)13-10-7-4-6-9(10)12/h5,9-10H,3-4,6-7,12H2,1-2H3,(H,13,14). The maximum Gasteiger partial charge on any atom is 0.246 e. The molecule has 1 saturated carbocycles. The summed E-state index contributed by atoms with van der Waals surface area (Å²) in [5.74, 6) is 0.0363. The second-order valence-corrected chi connectivity index (χ2v) is 3.97. The number of nitrogens with one attached hydrogen (secondary N) is 1. The minimum Gasteiger partial charge on any atom is -0.348 e. The quantitative estimate of drug-likeness (QED) is 0.669. The van der Waals surface area contributed by atoms with Crippen molar-refractivity contribution in [3.8, 4) is 0 Å². The van der Waals surface area contributed by atoms with Crippen molar-refractivity contribution in [1.82, 2.24) is 5.32 Å². The molecule has 3 nitrogen and oxygen atoms in total. The number of carbonyl (C=O) groups excluding carboxylic acids is 1. The van der Waals surface area contributed by atoms with Gasteiger partial charge >= 0.3 is 0 Å². The number of allylic oxidation sites excluding steroid dienone is 1. The van der Waals surface area contributed by atoms with Crippen molar-refractivity contribution < 1.29 is 4.79 Å². The highest BCUT2D eigenvalue weighted by Gasteiger charge is 2.25. The molecule has 3 heteroatoms. The number of hydrogen-bond acceptors (Lipinski definition) is 2. The van der Waals surface area contributed by atoms with Gasteiger partial charge in [-0.25, -0.2) is 0 Å². The van der Waals surface area contributed by atoms with E-state index >= 15 is 0 Å². The average Bonchev–Trinajstić information content (AvgIpc) is 2.52. The Hall–Kier alpha value is -0.830. The number of amides is 1. The van der Waals surface area contributed by atoms with Crippen LogP contribution in [0.4, 0.5) is 0 Å². The van der Waals surface area contributed by atoms with Crippen LogP contribution in [-0.4, -0.2) is 18.0 Å². The van der Waals surface area contributed by atoms with Gasteiger partial charge in [-0.1, -0.05) is 13.0 Å². The van der Waals surface area contributed by atoms with Gasteiger partial charge in [-0.15, -0.1) is 0 Å². The summed E-state index contributed by atoms with van der Waals surface area (Å²) < 4.78 is 0. The summed E-state index contributed by atoms with van der Waals surface area (Å²) in [5.41, 5.74) is 6.66. The van der Waals surface area contributed by atoms with Gasteiger partial charge in [-0.3, -0.25) is 4.79 Å². The molecule has 80 valence electrons. The monoisotopic (exact) mass is 196 g/mol. The summed E-state index contributed by atoms with van der Waals surface area (Å²) in [6, 6.07) is 0.330. The summed E-state index contributed by atoms with van der Waals surface area (Å²) in [6.45, 7) is 3.87. The molecule has 2 atom stereocenters. The van der Waals surface area contributed by atoms with Gasteiger partial charge in [-0.2, -0.15) is 0 Å². The lowest BCUT2D eigenvalue weighted by Crippen LogP contribution is -2.44. The molecule has 0 aromatic carbocycles. The number of hydrogen-bond donors (Lipinski definition) is 2. The van der Waals surface area contributed by atoms with E-state index in [1.807, 2.05) is 19.9 Å². The Bertz CT molecular complexity index is 235. The second kappa shape index (κ2) is 5.15. The molecular weight excluding hydrogens is 176 g/mol. The first-order chi connectivity index (χ1) is 6.65. The molecule has 1 rings (SSSR count). The van der Waals surface area contributed by atoms with E-state index in [9.17, 15) is 4.79 Å². The molecule has 1 fully saturated rings. The van der Waals surface area contributed by atoms with Crippen LogP contribution < -0.4 is 11.1 Å². The van der Waals surface area contributed by atoms with Gasteiger partial charge in [0.25, 0.3) is 0 Å². The normalized spacial score (nSPS) is 27.8. The van der Waals surface area contributed by atoms with Crippen LogP contribution in [0.25, 0.3) is 0 Å². The van der Waals surface area contributed by atoms with Crippen LogP contribution in [0, 0.1) is 0 Å². The highest BCUT2D eigenvalue weighted by Crippen LogP contribution is 2.17. The lowest BCUT2D eigenvalue weighted by molar-refractivity contribution is -0.118. The van der Waals surface area contributed by atoms with E-state index in [1.165, 1.54) is 0 Å². The van der Waals surface area contributed by atoms with Crippen LogP contribution in [0.2, 0.25) is 0 Å². The first kappa shape index (κ1) is 11.2. The molecule has 1 aliphatic carbocycles. The van der Waals surface area contributed by atoms with Crippen molar-refractivity contribution in [1.29, 1.82) is 0 Å². The van der Waals surface area contributed by atoms with E-state index in [4.69, 9.17) is 5.73 Å². The number of rotatable bonds is 3. The molecule has 0 radical (unpaired) electrons. The summed E-state index contributed by atoms with van der Waals surface area (Å²) in [5, 5.41) is 2.98. The molecule has 0 aromatic rings. The predicted octanol–water partition coefficient (Wildman–Crippen LogP) is 1.34. The Morgan fingerprint density at radius 1 is 1.57 bits per heavy atom. The first-order valence-electron chi connectivity index (χ1n) is 5.38. The lowest BCUT2D eigenvalue weighted by atomic mass is 10.1. The molecule has 0 aromatic heterocycles.